The van der Waals surface area contributed by atoms with E-state index in [1.807, 2.05) is 42.5 Å². The number of carbonyl (C=O) groups is 1. The smallest absolute Gasteiger partial charge is 0.284 e. The van der Waals surface area contributed by atoms with Crippen LogP contribution in [-0.2, 0) is 4.79 Å². The summed E-state index contributed by atoms with van der Waals surface area (Å²) in [5.74, 6) is 1.66. The van der Waals surface area contributed by atoms with Gasteiger partial charge in [-0.05, 0) is 35.9 Å². The zero-order valence-electron chi connectivity index (χ0n) is 18.7. The summed E-state index contributed by atoms with van der Waals surface area (Å²) in [7, 11) is 4.63. The van der Waals surface area contributed by atoms with E-state index in [9.17, 15) is 4.79 Å². The summed E-state index contributed by atoms with van der Waals surface area (Å²) in [5.41, 5.74) is 2.34. The van der Waals surface area contributed by atoms with Gasteiger partial charge < -0.3 is 14.2 Å². The topological polar surface area (TPSA) is 86.1 Å². The number of benzene rings is 2. The Morgan fingerprint density at radius 2 is 1.68 bits per heavy atom. The number of amidine groups is 1. The van der Waals surface area contributed by atoms with Crippen molar-refractivity contribution < 1.29 is 19.0 Å². The molecule has 0 saturated carbocycles. The third kappa shape index (κ3) is 3.75. The lowest BCUT2D eigenvalue weighted by Gasteiger charge is -2.15. The molecule has 9 heteroatoms. The average Bonchev–Trinajstić information content (AvgIpc) is 3.44. The van der Waals surface area contributed by atoms with Crippen molar-refractivity contribution in [1.82, 2.24) is 9.97 Å². The van der Waals surface area contributed by atoms with Crippen molar-refractivity contribution in [3.63, 3.8) is 0 Å². The molecule has 170 valence electrons. The lowest BCUT2D eigenvalue weighted by molar-refractivity contribution is -0.113. The Labute approximate surface area is 199 Å². The quantitative estimate of drug-likeness (QED) is 0.383. The van der Waals surface area contributed by atoms with Crippen LogP contribution in [0.5, 0.6) is 17.2 Å². The molecule has 0 radical (unpaired) electrons. The van der Waals surface area contributed by atoms with E-state index >= 15 is 0 Å². The molecule has 4 aromatic rings. The highest BCUT2D eigenvalue weighted by Gasteiger charge is 2.34. The Morgan fingerprint density at radius 1 is 0.941 bits per heavy atom. The molecule has 0 aliphatic carbocycles. The van der Waals surface area contributed by atoms with Crippen molar-refractivity contribution in [2.24, 2.45) is 4.99 Å². The third-order valence-electron chi connectivity index (χ3n) is 5.23. The summed E-state index contributed by atoms with van der Waals surface area (Å²) >= 11 is 1.39. The number of hydrogen-bond donors (Lipinski definition) is 0. The Kier molecular flexibility index (Phi) is 5.69. The second kappa shape index (κ2) is 8.95. The first kappa shape index (κ1) is 21.6. The van der Waals surface area contributed by atoms with Crippen molar-refractivity contribution in [2.45, 2.75) is 0 Å². The SMILES string of the molecule is COc1cc(C=C2N=C(c3ccccc3)N(c3nc4ncccc4s3)C2=O)cc(OC)c1OC. The predicted octanol–water partition coefficient (Wildman–Crippen LogP) is 4.55. The van der Waals surface area contributed by atoms with Crippen LogP contribution in [-0.4, -0.2) is 43.0 Å². The van der Waals surface area contributed by atoms with Gasteiger partial charge in [-0.2, -0.15) is 4.98 Å². The van der Waals surface area contributed by atoms with E-state index in [0.717, 1.165) is 10.3 Å². The van der Waals surface area contributed by atoms with Gasteiger partial charge in [0.25, 0.3) is 5.91 Å². The van der Waals surface area contributed by atoms with Gasteiger partial charge in [-0.15, -0.1) is 0 Å². The molecule has 1 amide bonds. The molecule has 0 atom stereocenters. The van der Waals surface area contributed by atoms with E-state index in [4.69, 9.17) is 19.2 Å². The molecular formula is C25H20N4O4S. The maximum Gasteiger partial charge on any atom is 0.284 e. The van der Waals surface area contributed by atoms with E-state index < -0.39 is 0 Å². The van der Waals surface area contributed by atoms with Gasteiger partial charge in [0.15, 0.2) is 17.1 Å². The highest BCUT2D eigenvalue weighted by molar-refractivity contribution is 7.22. The molecule has 2 aromatic heterocycles. The number of methoxy groups -OCH3 is 3. The summed E-state index contributed by atoms with van der Waals surface area (Å²) < 4.78 is 17.2. The van der Waals surface area contributed by atoms with Crippen molar-refractivity contribution in [3.8, 4) is 17.2 Å². The van der Waals surface area contributed by atoms with Gasteiger partial charge in [0, 0.05) is 11.8 Å². The molecule has 8 nitrogen and oxygen atoms in total. The molecule has 3 heterocycles. The lowest BCUT2D eigenvalue weighted by Crippen LogP contribution is -2.32. The Hall–Kier alpha value is -4.24. The average molecular weight is 473 g/mol. The molecule has 0 unspecified atom stereocenters. The van der Waals surface area contributed by atoms with Crippen molar-refractivity contribution in [1.29, 1.82) is 0 Å². The van der Waals surface area contributed by atoms with Crippen molar-refractivity contribution >= 4 is 44.6 Å². The first-order chi connectivity index (χ1) is 16.6. The Bertz CT molecular complexity index is 1390. The van der Waals surface area contributed by atoms with Crippen molar-refractivity contribution in [2.75, 3.05) is 26.2 Å². The summed E-state index contributed by atoms with van der Waals surface area (Å²) in [6.45, 7) is 0. The normalized spacial score (nSPS) is 14.6. The molecule has 0 saturated heterocycles. The van der Waals surface area contributed by atoms with Gasteiger partial charge in [0.2, 0.25) is 10.9 Å². The van der Waals surface area contributed by atoms with E-state index in [1.54, 1.807) is 45.7 Å². The van der Waals surface area contributed by atoms with Gasteiger partial charge in [-0.1, -0.05) is 41.7 Å². The van der Waals surface area contributed by atoms with Gasteiger partial charge in [-0.3, -0.25) is 4.79 Å². The molecule has 2 aromatic carbocycles. The van der Waals surface area contributed by atoms with Crippen LogP contribution in [0.25, 0.3) is 16.4 Å². The predicted molar refractivity (Wildman–Crippen MR) is 132 cm³/mol. The van der Waals surface area contributed by atoms with E-state index in [1.165, 1.54) is 16.2 Å². The summed E-state index contributed by atoms with van der Waals surface area (Å²) in [4.78, 5) is 28.7. The van der Waals surface area contributed by atoms with Crippen LogP contribution < -0.4 is 19.1 Å². The zero-order chi connectivity index (χ0) is 23.7. The van der Waals surface area contributed by atoms with Crippen LogP contribution in [0.3, 0.4) is 0 Å². The van der Waals surface area contributed by atoms with Crippen LogP contribution >= 0.6 is 11.3 Å². The van der Waals surface area contributed by atoms with Gasteiger partial charge in [0.05, 0.1) is 26.0 Å². The molecule has 0 bridgehead atoms. The number of rotatable bonds is 6. The van der Waals surface area contributed by atoms with Crippen LogP contribution in [0.15, 0.2) is 71.5 Å². The zero-order valence-corrected chi connectivity index (χ0v) is 19.5. The van der Waals surface area contributed by atoms with Crippen LogP contribution in [0.2, 0.25) is 0 Å². The maximum atomic E-state index is 13.6. The highest BCUT2D eigenvalue weighted by Crippen LogP contribution is 2.39. The molecule has 0 fully saturated rings. The van der Waals surface area contributed by atoms with Gasteiger partial charge >= 0.3 is 0 Å². The standard InChI is InChI=1S/C25H20N4O4S/c1-31-18-13-15(14-19(32-2)21(18)33-3)12-17-24(30)29(23(27-17)16-8-5-4-6-9-16)25-28-22-20(34-25)10-7-11-26-22/h4-14H,1-3H3. The van der Waals surface area contributed by atoms with Gasteiger partial charge in [-0.25, -0.2) is 14.9 Å². The summed E-state index contributed by atoms with van der Waals surface area (Å²) in [6.07, 6.45) is 3.38. The van der Waals surface area contributed by atoms with E-state index in [-0.39, 0.29) is 11.6 Å². The highest BCUT2D eigenvalue weighted by atomic mass is 32.1. The lowest BCUT2D eigenvalue weighted by atomic mass is 10.1. The fraction of sp³-hybridized carbons (Fsp3) is 0.120. The fourth-order valence-corrected chi connectivity index (χ4v) is 4.60. The minimum Gasteiger partial charge on any atom is -0.493 e. The number of thiazole rings is 1. The second-order valence-electron chi connectivity index (χ2n) is 7.25. The molecule has 0 N–H and O–H groups in total. The number of amides is 1. The number of fused-ring (bicyclic) bond motifs is 1. The molecule has 34 heavy (non-hydrogen) atoms. The van der Waals surface area contributed by atoms with E-state index in [2.05, 4.69) is 9.97 Å². The largest absolute Gasteiger partial charge is 0.493 e. The fourth-order valence-electron chi connectivity index (χ4n) is 3.67. The minimum absolute atomic E-state index is 0.264. The van der Waals surface area contributed by atoms with Crippen LogP contribution in [0, 0.1) is 0 Å². The van der Waals surface area contributed by atoms with Crippen LogP contribution in [0.1, 0.15) is 11.1 Å². The summed E-state index contributed by atoms with van der Waals surface area (Å²) in [6, 6.07) is 16.9. The number of ether oxygens (including phenoxy) is 3. The third-order valence-corrected chi connectivity index (χ3v) is 6.22. The Morgan fingerprint density at radius 3 is 2.32 bits per heavy atom. The molecule has 1 aliphatic rings. The number of aliphatic imine (C=N–C) groups is 1. The maximum absolute atomic E-state index is 13.6. The molecule has 5 rings (SSSR count). The number of carbonyl (C=O) groups excluding carboxylic acids is 1. The number of nitrogens with zero attached hydrogens (tertiary/aromatic N) is 4. The first-order valence-corrected chi connectivity index (χ1v) is 11.2. The monoisotopic (exact) mass is 472 g/mol. The molecule has 0 spiro atoms. The summed E-state index contributed by atoms with van der Waals surface area (Å²) in [5, 5.41) is 0.509. The minimum atomic E-state index is -0.285. The Balaban J connectivity index is 1.63. The first-order valence-electron chi connectivity index (χ1n) is 10.3. The number of aromatic nitrogens is 2. The van der Waals surface area contributed by atoms with Crippen molar-refractivity contribution in [3.05, 3.63) is 77.6 Å². The number of hydrogen-bond acceptors (Lipinski definition) is 8. The number of pyridine rings is 1. The van der Waals surface area contributed by atoms with Gasteiger partial charge in [0.1, 0.15) is 11.5 Å². The van der Waals surface area contributed by atoms with E-state index in [0.29, 0.717) is 39.4 Å². The number of anilines is 1. The molecular weight excluding hydrogens is 452 g/mol. The molecule has 1 aliphatic heterocycles. The second-order valence-corrected chi connectivity index (χ2v) is 8.26. The van der Waals surface area contributed by atoms with Crippen LogP contribution in [0.4, 0.5) is 5.13 Å².